The highest BCUT2D eigenvalue weighted by atomic mass is 16.5. The van der Waals surface area contributed by atoms with Crippen LogP contribution in [-0.4, -0.2) is 30.0 Å². The number of ether oxygens (including phenoxy) is 3. The first-order chi connectivity index (χ1) is 15.8. The van der Waals surface area contributed by atoms with Gasteiger partial charge in [0.2, 0.25) is 0 Å². The molecule has 0 saturated heterocycles. The van der Waals surface area contributed by atoms with Crippen LogP contribution in [0.15, 0.2) is 103 Å². The smallest absolute Gasteiger partial charge is 0.107 e. The lowest BCUT2D eigenvalue weighted by molar-refractivity contribution is -0.0935. The Bertz CT molecular complexity index is 956. The lowest BCUT2D eigenvalue weighted by Crippen LogP contribution is -2.41. The Hall–Kier alpha value is -2.76. The molecular weight excluding hydrogens is 400 g/mol. The number of benzene rings is 3. The van der Waals surface area contributed by atoms with Gasteiger partial charge in [0.15, 0.2) is 0 Å². The minimum atomic E-state index is -0.581. The van der Waals surface area contributed by atoms with Gasteiger partial charge >= 0.3 is 0 Å². The van der Waals surface area contributed by atoms with Crippen molar-refractivity contribution in [2.45, 2.75) is 44.6 Å². The lowest BCUT2D eigenvalue weighted by Gasteiger charge is -2.34. The van der Waals surface area contributed by atoms with Crippen molar-refractivity contribution in [2.75, 3.05) is 6.61 Å². The summed E-state index contributed by atoms with van der Waals surface area (Å²) in [5, 5.41) is 10.5. The van der Waals surface area contributed by atoms with E-state index in [-0.39, 0.29) is 12.2 Å². The number of aliphatic hydroxyl groups excluding tert-OH is 1. The summed E-state index contributed by atoms with van der Waals surface area (Å²) in [4.78, 5) is 0. The Labute approximate surface area is 190 Å². The van der Waals surface area contributed by atoms with Gasteiger partial charge in [-0.3, -0.25) is 0 Å². The highest BCUT2D eigenvalue weighted by molar-refractivity contribution is 5.21. The fourth-order valence-electron chi connectivity index (χ4n) is 3.91. The predicted octanol–water partition coefficient (Wildman–Crippen LogP) is 5.07. The molecule has 0 heterocycles. The Balaban J connectivity index is 1.44. The molecule has 166 valence electrons. The van der Waals surface area contributed by atoms with E-state index in [1.54, 1.807) is 0 Å². The van der Waals surface area contributed by atoms with Crippen molar-refractivity contribution in [3.8, 4) is 0 Å². The maximum absolute atomic E-state index is 10.5. The van der Waals surface area contributed by atoms with E-state index in [0.29, 0.717) is 32.8 Å². The average Bonchev–Trinajstić information content (AvgIpc) is 2.84. The van der Waals surface area contributed by atoms with Crippen LogP contribution >= 0.6 is 0 Å². The zero-order valence-corrected chi connectivity index (χ0v) is 18.2. The third-order valence-corrected chi connectivity index (χ3v) is 5.54. The summed E-state index contributed by atoms with van der Waals surface area (Å²) < 4.78 is 18.6. The SMILES string of the molecule is O[C@H]1C=C(COCc2ccccc2)[C@@H](OCc2ccccc2)C(OCc2ccccc2)C1. The molecule has 0 fully saturated rings. The molecule has 4 heteroatoms. The van der Waals surface area contributed by atoms with Gasteiger partial charge < -0.3 is 19.3 Å². The fourth-order valence-corrected chi connectivity index (χ4v) is 3.91. The molecular formula is C28H30O4. The monoisotopic (exact) mass is 430 g/mol. The van der Waals surface area contributed by atoms with Gasteiger partial charge in [0.25, 0.3) is 0 Å². The molecule has 0 aliphatic heterocycles. The van der Waals surface area contributed by atoms with Crippen molar-refractivity contribution in [1.29, 1.82) is 0 Å². The van der Waals surface area contributed by atoms with Crippen LogP contribution in [0.1, 0.15) is 23.1 Å². The summed E-state index contributed by atoms with van der Waals surface area (Å²) in [7, 11) is 0. The van der Waals surface area contributed by atoms with E-state index in [4.69, 9.17) is 14.2 Å². The van der Waals surface area contributed by atoms with E-state index in [1.807, 2.05) is 97.1 Å². The highest BCUT2D eigenvalue weighted by Crippen LogP contribution is 2.27. The molecule has 1 N–H and O–H groups in total. The molecule has 3 atom stereocenters. The summed E-state index contributed by atoms with van der Waals surface area (Å²) in [5.74, 6) is 0. The molecule has 4 nitrogen and oxygen atoms in total. The summed E-state index contributed by atoms with van der Waals surface area (Å²) >= 11 is 0. The number of aliphatic hydroxyl groups is 1. The summed E-state index contributed by atoms with van der Waals surface area (Å²) in [5.41, 5.74) is 4.24. The van der Waals surface area contributed by atoms with Crippen LogP contribution in [0, 0.1) is 0 Å². The van der Waals surface area contributed by atoms with Gasteiger partial charge in [0.05, 0.1) is 38.6 Å². The molecule has 1 unspecified atom stereocenters. The van der Waals surface area contributed by atoms with E-state index >= 15 is 0 Å². The van der Waals surface area contributed by atoms with Crippen molar-refractivity contribution in [1.82, 2.24) is 0 Å². The summed E-state index contributed by atoms with van der Waals surface area (Å²) in [6.07, 6.45) is 1.24. The molecule has 0 aromatic heterocycles. The molecule has 32 heavy (non-hydrogen) atoms. The highest BCUT2D eigenvalue weighted by Gasteiger charge is 2.33. The predicted molar refractivity (Wildman–Crippen MR) is 125 cm³/mol. The van der Waals surface area contributed by atoms with Gasteiger partial charge in [-0.1, -0.05) is 97.1 Å². The molecule has 3 aromatic carbocycles. The quantitative estimate of drug-likeness (QED) is 0.457. The molecule has 0 saturated carbocycles. The first-order valence-corrected chi connectivity index (χ1v) is 11.1. The average molecular weight is 431 g/mol. The largest absolute Gasteiger partial charge is 0.389 e. The van der Waals surface area contributed by atoms with E-state index < -0.39 is 6.10 Å². The molecule has 0 amide bonds. The minimum Gasteiger partial charge on any atom is -0.389 e. The van der Waals surface area contributed by atoms with Crippen molar-refractivity contribution < 1.29 is 19.3 Å². The van der Waals surface area contributed by atoms with Gasteiger partial charge in [-0.05, 0) is 22.3 Å². The van der Waals surface area contributed by atoms with E-state index in [0.717, 1.165) is 22.3 Å². The topological polar surface area (TPSA) is 47.9 Å². The normalized spacial score (nSPS) is 20.7. The Morgan fingerprint density at radius 1 is 0.625 bits per heavy atom. The Morgan fingerprint density at radius 3 is 1.69 bits per heavy atom. The molecule has 0 radical (unpaired) electrons. The molecule has 4 rings (SSSR count). The zero-order valence-electron chi connectivity index (χ0n) is 18.2. The fraction of sp³-hybridized carbons (Fsp3) is 0.286. The van der Waals surface area contributed by atoms with Crippen LogP contribution in [0.5, 0.6) is 0 Å². The third-order valence-electron chi connectivity index (χ3n) is 5.54. The van der Waals surface area contributed by atoms with Crippen molar-refractivity contribution in [2.24, 2.45) is 0 Å². The van der Waals surface area contributed by atoms with Crippen LogP contribution < -0.4 is 0 Å². The van der Waals surface area contributed by atoms with Crippen LogP contribution in [0.25, 0.3) is 0 Å². The van der Waals surface area contributed by atoms with Crippen LogP contribution in [-0.2, 0) is 34.0 Å². The van der Waals surface area contributed by atoms with E-state index in [9.17, 15) is 5.11 Å². The second-order valence-electron chi connectivity index (χ2n) is 8.08. The van der Waals surface area contributed by atoms with Crippen LogP contribution in [0.4, 0.5) is 0 Å². The molecule has 1 aliphatic carbocycles. The first-order valence-electron chi connectivity index (χ1n) is 11.1. The summed E-state index contributed by atoms with van der Waals surface area (Å²) in [6.45, 7) is 1.84. The van der Waals surface area contributed by atoms with Gasteiger partial charge in [0, 0.05) is 6.42 Å². The molecule has 3 aromatic rings. The zero-order chi connectivity index (χ0) is 22.0. The third kappa shape index (κ3) is 6.62. The van der Waals surface area contributed by atoms with Crippen LogP contribution in [0.3, 0.4) is 0 Å². The Morgan fingerprint density at radius 2 is 1.12 bits per heavy atom. The van der Waals surface area contributed by atoms with E-state index in [2.05, 4.69) is 0 Å². The van der Waals surface area contributed by atoms with Crippen LogP contribution in [0.2, 0.25) is 0 Å². The minimum absolute atomic E-state index is 0.255. The second kappa shape index (κ2) is 11.7. The number of rotatable bonds is 10. The number of hydrogen-bond donors (Lipinski definition) is 1. The van der Waals surface area contributed by atoms with Gasteiger partial charge in [-0.15, -0.1) is 0 Å². The second-order valence-corrected chi connectivity index (χ2v) is 8.08. The molecule has 1 aliphatic rings. The maximum Gasteiger partial charge on any atom is 0.107 e. The summed E-state index contributed by atoms with van der Waals surface area (Å²) in [6, 6.07) is 30.3. The van der Waals surface area contributed by atoms with Gasteiger partial charge in [-0.25, -0.2) is 0 Å². The maximum atomic E-state index is 10.5. The standard InChI is InChI=1S/C28H30O4/c29-26-16-25(21-30-18-22-10-4-1-5-11-22)28(32-20-24-14-8-3-9-15-24)27(17-26)31-19-23-12-6-2-7-13-23/h1-16,26-29H,17-21H2/t26-,27?,28+/m0/s1. The van der Waals surface area contributed by atoms with E-state index in [1.165, 1.54) is 0 Å². The van der Waals surface area contributed by atoms with Crippen molar-refractivity contribution in [3.63, 3.8) is 0 Å². The van der Waals surface area contributed by atoms with Crippen molar-refractivity contribution >= 4 is 0 Å². The van der Waals surface area contributed by atoms with Crippen molar-refractivity contribution in [3.05, 3.63) is 119 Å². The molecule has 0 spiro atoms. The first kappa shape index (κ1) is 22.4. The molecule has 0 bridgehead atoms. The lowest BCUT2D eigenvalue weighted by atomic mass is 9.91. The van der Waals surface area contributed by atoms with Gasteiger partial charge in [0.1, 0.15) is 6.10 Å². The number of hydrogen-bond acceptors (Lipinski definition) is 4. The van der Waals surface area contributed by atoms with Gasteiger partial charge in [-0.2, -0.15) is 0 Å². The Kier molecular flexibility index (Phi) is 8.23.